The van der Waals surface area contributed by atoms with Crippen LogP contribution in [0.4, 0.5) is 0 Å². The van der Waals surface area contributed by atoms with E-state index >= 15 is 0 Å². The van der Waals surface area contributed by atoms with Crippen molar-refractivity contribution in [1.82, 2.24) is 9.88 Å². The number of ether oxygens (including phenoxy) is 1. The zero-order chi connectivity index (χ0) is 18.6. The number of thiazole rings is 1. The first-order valence-electron chi connectivity index (χ1n) is 9.10. The molecule has 0 aliphatic heterocycles. The van der Waals surface area contributed by atoms with Gasteiger partial charge in [-0.05, 0) is 37.5 Å². The van der Waals surface area contributed by atoms with E-state index in [4.69, 9.17) is 4.74 Å². The van der Waals surface area contributed by atoms with Crippen molar-refractivity contribution in [3.05, 3.63) is 50.6 Å². The molecule has 0 radical (unpaired) electrons. The number of methoxy groups -OCH3 is 1. The van der Waals surface area contributed by atoms with Gasteiger partial charge >= 0.3 is 4.87 Å². The highest BCUT2D eigenvalue weighted by atomic mass is 32.1. The molecule has 0 atom stereocenters. The minimum atomic E-state index is -0.105. The van der Waals surface area contributed by atoms with Crippen molar-refractivity contribution in [2.24, 2.45) is 0 Å². The number of amides is 1. The van der Waals surface area contributed by atoms with Crippen molar-refractivity contribution in [3.63, 3.8) is 0 Å². The number of rotatable bonds is 6. The molecule has 26 heavy (non-hydrogen) atoms. The normalized spacial score (nSPS) is 16.2. The number of carbonyl (C=O) groups is 1. The van der Waals surface area contributed by atoms with E-state index in [1.165, 1.54) is 29.4 Å². The lowest BCUT2D eigenvalue weighted by Crippen LogP contribution is -2.43. The zero-order valence-electron chi connectivity index (χ0n) is 15.4. The van der Waals surface area contributed by atoms with E-state index in [0.717, 1.165) is 35.6 Å². The molecule has 1 heterocycles. The van der Waals surface area contributed by atoms with Gasteiger partial charge in [0.2, 0.25) is 5.91 Å². The largest absolute Gasteiger partial charge is 0.497 e. The Labute approximate surface area is 158 Å². The number of nitrogens with zero attached hydrogens (tertiary/aromatic N) is 1. The summed E-state index contributed by atoms with van der Waals surface area (Å²) in [5, 5.41) is 4.88. The minimum Gasteiger partial charge on any atom is -0.497 e. The molecule has 1 aromatic carbocycles. The Morgan fingerprint density at radius 3 is 2.50 bits per heavy atom. The summed E-state index contributed by atoms with van der Waals surface area (Å²) in [5.74, 6) is 0.739. The van der Waals surface area contributed by atoms with Crippen LogP contribution in [0.5, 0.6) is 5.75 Å². The fourth-order valence-corrected chi connectivity index (χ4v) is 4.54. The molecular weight excluding hydrogens is 348 g/mol. The summed E-state index contributed by atoms with van der Waals surface area (Å²) in [6, 6.07) is 8.21. The summed E-state index contributed by atoms with van der Waals surface area (Å²) < 4.78 is 6.80. The van der Waals surface area contributed by atoms with Crippen molar-refractivity contribution in [2.75, 3.05) is 13.7 Å². The first-order valence-corrected chi connectivity index (χ1v) is 9.98. The topological polar surface area (TPSA) is 60.3 Å². The van der Waals surface area contributed by atoms with Gasteiger partial charge in [0.15, 0.2) is 0 Å². The highest BCUT2D eigenvalue weighted by Crippen LogP contribution is 2.39. The van der Waals surface area contributed by atoms with Gasteiger partial charge in [0.1, 0.15) is 12.3 Å². The van der Waals surface area contributed by atoms with Gasteiger partial charge in [0, 0.05) is 23.0 Å². The smallest absolute Gasteiger partial charge is 0.307 e. The summed E-state index contributed by atoms with van der Waals surface area (Å²) in [6.07, 6.45) is 5.72. The molecule has 3 rings (SSSR count). The molecule has 5 nitrogen and oxygen atoms in total. The lowest BCUT2D eigenvalue weighted by Gasteiger charge is -2.38. The summed E-state index contributed by atoms with van der Waals surface area (Å²) in [5.41, 5.74) is 2.05. The van der Waals surface area contributed by atoms with Gasteiger partial charge in [-0.15, -0.1) is 0 Å². The second-order valence-electron chi connectivity index (χ2n) is 7.08. The molecule has 1 N–H and O–H groups in total. The number of aromatic nitrogens is 1. The molecule has 1 aliphatic carbocycles. The molecule has 1 aliphatic rings. The van der Waals surface area contributed by atoms with Crippen LogP contribution >= 0.6 is 11.3 Å². The van der Waals surface area contributed by atoms with Crippen molar-refractivity contribution in [3.8, 4) is 5.75 Å². The lowest BCUT2D eigenvalue weighted by atomic mass is 9.69. The Balaban J connectivity index is 1.72. The molecule has 6 heteroatoms. The Hall–Kier alpha value is -2.08. The second-order valence-corrected chi connectivity index (χ2v) is 7.90. The van der Waals surface area contributed by atoms with Crippen LogP contribution in [0.15, 0.2) is 34.4 Å². The van der Waals surface area contributed by atoms with Gasteiger partial charge in [0.25, 0.3) is 0 Å². The molecule has 0 unspecified atom stereocenters. The van der Waals surface area contributed by atoms with E-state index in [1.54, 1.807) is 12.5 Å². The van der Waals surface area contributed by atoms with Crippen LogP contribution in [0.3, 0.4) is 0 Å². The van der Waals surface area contributed by atoms with E-state index in [-0.39, 0.29) is 22.7 Å². The van der Waals surface area contributed by atoms with Gasteiger partial charge in [-0.25, -0.2) is 0 Å². The van der Waals surface area contributed by atoms with E-state index in [1.807, 2.05) is 19.1 Å². The van der Waals surface area contributed by atoms with Gasteiger partial charge in [-0.2, -0.15) is 0 Å². The molecule has 1 saturated carbocycles. The summed E-state index contributed by atoms with van der Waals surface area (Å²) in [4.78, 5) is 24.2. The summed E-state index contributed by atoms with van der Waals surface area (Å²) in [7, 11) is 1.67. The quantitative estimate of drug-likeness (QED) is 0.844. The monoisotopic (exact) mass is 374 g/mol. The molecule has 0 spiro atoms. The van der Waals surface area contributed by atoms with Crippen molar-refractivity contribution in [1.29, 1.82) is 0 Å². The number of carbonyl (C=O) groups excluding carboxylic acids is 1. The Morgan fingerprint density at radius 1 is 1.23 bits per heavy atom. The average Bonchev–Trinajstić information content (AvgIpc) is 2.99. The first kappa shape index (κ1) is 18.7. The fourth-order valence-electron chi connectivity index (χ4n) is 3.80. The maximum absolute atomic E-state index is 12.4. The average molecular weight is 375 g/mol. The van der Waals surface area contributed by atoms with E-state index in [2.05, 4.69) is 17.4 Å². The van der Waals surface area contributed by atoms with Crippen LogP contribution < -0.4 is 14.9 Å². The van der Waals surface area contributed by atoms with Crippen molar-refractivity contribution >= 4 is 17.2 Å². The first-order chi connectivity index (χ1) is 12.5. The summed E-state index contributed by atoms with van der Waals surface area (Å²) in [6.45, 7) is 2.55. The Bertz CT molecular complexity index is 801. The fraction of sp³-hybridized carbons (Fsp3) is 0.500. The zero-order valence-corrected chi connectivity index (χ0v) is 16.2. The number of hydrogen-bond donors (Lipinski definition) is 1. The number of hydrogen-bond acceptors (Lipinski definition) is 4. The Kier molecular flexibility index (Phi) is 5.81. The second kappa shape index (κ2) is 8.08. The van der Waals surface area contributed by atoms with Crippen LogP contribution in [-0.2, 0) is 16.8 Å². The predicted octanol–water partition coefficient (Wildman–Crippen LogP) is 3.25. The highest BCUT2D eigenvalue weighted by molar-refractivity contribution is 7.07. The number of nitrogens with one attached hydrogen (secondary N) is 1. The number of benzene rings is 1. The molecule has 1 fully saturated rings. The van der Waals surface area contributed by atoms with Crippen LogP contribution in [0.25, 0.3) is 0 Å². The van der Waals surface area contributed by atoms with Crippen LogP contribution in [-0.4, -0.2) is 24.1 Å². The minimum absolute atomic E-state index is 0.0329. The standard InChI is InChI=1S/C20H26N2O3S/c1-15-13-26-19(24)22(15)12-18(23)21-14-20(10-4-3-5-11-20)16-6-8-17(25-2)9-7-16/h6-9,13H,3-5,10-12,14H2,1-2H3,(H,21,23). The van der Waals surface area contributed by atoms with Crippen LogP contribution in [0.1, 0.15) is 43.4 Å². The summed E-state index contributed by atoms with van der Waals surface area (Å²) >= 11 is 1.13. The molecule has 1 amide bonds. The molecule has 140 valence electrons. The van der Waals surface area contributed by atoms with Gasteiger partial charge in [-0.3, -0.25) is 14.2 Å². The third-order valence-corrected chi connectivity index (χ3v) is 6.30. The van der Waals surface area contributed by atoms with Gasteiger partial charge in [0.05, 0.1) is 7.11 Å². The van der Waals surface area contributed by atoms with Gasteiger partial charge < -0.3 is 10.1 Å². The van der Waals surface area contributed by atoms with Crippen molar-refractivity contribution in [2.45, 2.75) is 51.0 Å². The third kappa shape index (κ3) is 4.01. The maximum Gasteiger partial charge on any atom is 0.307 e. The lowest BCUT2D eigenvalue weighted by molar-refractivity contribution is -0.122. The van der Waals surface area contributed by atoms with Gasteiger partial charge in [-0.1, -0.05) is 42.7 Å². The predicted molar refractivity (Wildman–Crippen MR) is 104 cm³/mol. The molecule has 0 saturated heterocycles. The highest BCUT2D eigenvalue weighted by Gasteiger charge is 2.34. The van der Waals surface area contributed by atoms with E-state index in [0.29, 0.717) is 6.54 Å². The Morgan fingerprint density at radius 2 is 1.92 bits per heavy atom. The number of aryl methyl sites for hydroxylation is 1. The molecule has 1 aromatic heterocycles. The van der Waals surface area contributed by atoms with Crippen LogP contribution in [0, 0.1) is 6.92 Å². The van der Waals surface area contributed by atoms with Crippen LogP contribution in [0.2, 0.25) is 0 Å². The maximum atomic E-state index is 12.4. The SMILES string of the molecule is COc1ccc(C2(CNC(=O)Cn3c(C)csc3=O)CCCCC2)cc1. The molecule has 0 bridgehead atoms. The van der Waals surface area contributed by atoms with E-state index in [9.17, 15) is 9.59 Å². The molecular formula is C20H26N2O3S. The molecule has 2 aromatic rings. The van der Waals surface area contributed by atoms with E-state index < -0.39 is 0 Å². The third-order valence-electron chi connectivity index (χ3n) is 5.42. The van der Waals surface area contributed by atoms with Crippen molar-refractivity contribution < 1.29 is 9.53 Å².